The smallest absolute Gasteiger partial charge is 0.0545 e. The van der Waals surface area contributed by atoms with Gasteiger partial charge >= 0.3 is 0 Å². The molecule has 0 amide bonds. The van der Waals surface area contributed by atoms with Crippen LogP contribution in [-0.4, -0.2) is 36.1 Å². The minimum atomic E-state index is 0. The van der Waals surface area contributed by atoms with Crippen LogP contribution in [0.25, 0.3) is 0 Å². The van der Waals surface area contributed by atoms with Gasteiger partial charge in [-0.2, -0.15) is 0 Å². The Kier molecular flexibility index (Phi) is 8.17. The number of hydrogen-bond donors (Lipinski definition) is 1. The summed E-state index contributed by atoms with van der Waals surface area (Å²) in [7, 11) is 0. The van der Waals surface area contributed by atoms with E-state index in [-0.39, 0.29) is 24.8 Å². The maximum absolute atomic E-state index is 4.16. The topological polar surface area (TPSA) is 28.2 Å². The molecular formula is C12H19Cl2N3. The molecule has 1 atom stereocenters. The Balaban J connectivity index is 0.00000128. The monoisotopic (exact) mass is 275 g/mol. The maximum atomic E-state index is 4.16. The summed E-state index contributed by atoms with van der Waals surface area (Å²) >= 11 is 0. The van der Waals surface area contributed by atoms with Gasteiger partial charge < -0.3 is 5.32 Å². The van der Waals surface area contributed by atoms with Gasteiger partial charge in [0.1, 0.15) is 0 Å². The lowest BCUT2D eigenvalue weighted by molar-refractivity contribution is 0.203. The van der Waals surface area contributed by atoms with Gasteiger partial charge in [0, 0.05) is 38.6 Å². The molecule has 1 aliphatic rings. The molecule has 1 aromatic heterocycles. The number of nitrogens with one attached hydrogen (secondary N) is 1. The number of pyridine rings is 1. The normalized spacial score (nSPS) is 17.4. The van der Waals surface area contributed by atoms with Crippen molar-refractivity contribution >= 4 is 24.8 Å². The molecule has 0 saturated carbocycles. The molecule has 0 aromatic carbocycles. The molecule has 1 saturated heterocycles. The van der Waals surface area contributed by atoms with E-state index in [4.69, 9.17) is 0 Å². The molecule has 1 aromatic rings. The van der Waals surface area contributed by atoms with Crippen LogP contribution in [0.3, 0.4) is 0 Å². The Labute approximate surface area is 115 Å². The van der Waals surface area contributed by atoms with E-state index in [1.54, 1.807) is 6.20 Å². The zero-order valence-electron chi connectivity index (χ0n) is 9.71. The van der Waals surface area contributed by atoms with Gasteiger partial charge in [0.25, 0.3) is 0 Å². The Morgan fingerprint density at radius 2 is 2.06 bits per heavy atom. The minimum absolute atomic E-state index is 0. The van der Waals surface area contributed by atoms with Gasteiger partial charge in [-0.05, 0) is 11.6 Å². The first-order valence-electron chi connectivity index (χ1n) is 5.39. The summed E-state index contributed by atoms with van der Waals surface area (Å²) in [5.41, 5.74) is 1.23. The summed E-state index contributed by atoms with van der Waals surface area (Å²) in [6.07, 6.45) is 5.73. The fourth-order valence-corrected chi connectivity index (χ4v) is 2.01. The first kappa shape index (κ1) is 16.4. The molecular weight excluding hydrogens is 257 g/mol. The second-order valence-electron chi connectivity index (χ2n) is 3.75. The van der Waals surface area contributed by atoms with Crippen LogP contribution in [0.2, 0.25) is 0 Å². The molecule has 17 heavy (non-hydrogen) atoms. The van der Waals surface area contributed by atoms with Gasteiger partial charge in [-0.3, -0.25) is 9.88 Å². The highest BCUT2D eigenvalue weighted by atomic mass is 35.5. The van der Waals surface area contributed by atoms with E-state index >= 15 is 0 Å². The summed E-state index contributed by atoms with van der Waals surface area (Å²) in [4.78, 5) is 6.59. The fraction of sp³-hybridized carbons (Fsp3) is 0.417. The highest BCUT2D eigenvalue weighted by Crippen LogP contribution is 2.20. The summed E-state index contributed by atoms with van der Waals surface area (Å²) in [6.45, 7) is 8.19. The van der Waals surface area contributed by atoms with Crippen LogP contribution in [0.5, 0.6) is 0 Å². The Morgan fingerprint density at radius 1 is 1.35 bits per heavy atom. The lowest BCUT2D eigenvalue weighted by Gasteiger charge is -2.33. The van der Waals surface area contributed by atoms with Gasteiger partial charge in [-0.25, -0.2) is 0 Å². The average molecular weight is 276 g/mol. The zero-order valence-corrected chi connectivity index (χ0v) is 11.3. The lowest BCUT2D eigenvalue weighted by atomic mass is 10.1. The molecule has 2 rings (SSSR count). The molecule has 0 bridgehead atoms. The largest absolute Gasteiger partial charge is 0.314 e. The molecule has 1 N–H and O–H groups in total. The van der Waals surface area contributed by atoms with Crippen LogP contribution >= 0.6 is 24.8 Å². The fourth-order valence-electron chi connectivity index (χ4n) is 2.01. The number of nitrogens with zero attached hydrogens (tertiary/aromatic N) is 2. The number of piperazine rings is 1. The van der Waals surface area contributed by atoms with Crippen molar-refractivity contribution in [3.8, 4) is 0 Å². The van der Waals surface area contributed by atoms with Crippen molar-refractivity contribution in [2.45, 2.75) is 6.04 Å². The van der Waals surface area contributed by atoms with E-state index in [2.05, 4.69) is 27.8 Å². The van der Waals surface area contributed by atoms with Gasteiger partial charge in [-0.1, -0.05) is 12.1 Å². The predicted molar refractivity (Wildman–Crippen MR) is 76.1 cm³/mol. The Bertz CT molecular complexity index is 313. The summed E-state index contributed by atoms with van der Waals surface area (Å²) < 4.78 is 0. The lowest BCUT2D eigenvalue weighted by Crippen LogP contribution is -2.44. The van der Waals surface area contributed by atoms with Crippen molar-refractivity contribution in [1.29, 1.82) is 0 Å². The SMILES string of the molecule is C=C[C@@H](c1cccnc1)N1CCNCC1.Cl.Cl. The molecule has 2 heterocycles. The van der Waals surface area contributed by atoms with E-state index < -0.39 is 0 Å². The standard InChI is InChI=1S/C12H17N3.2ClH/c1-2-12(11-4-3-5-14-10-11)15-8-6-13-7-9-15;;/h2-5,10,12-13H,1,6-9H2;2*1H/t12-;;/m0../s1. The second-order valence-corrected chi connectivity index (χ2v) is 3.75. The van der Waals surface area contributed by atoms with Crippen molar-refractivity contribution in [3.63, 3.8) is 0 Å². The summed E-state index contributed by atoms with van der Waals surface area (Å²) in [5.74, 6) is 0. The van der Waals surface area contributed by atoms with Gasteiger partial charge in [-0.15, -0.1) is 31.4 Å². The van der Waals surface area contributed by atoms with Gasteiger partial charge in [0.15, 0.2) is 0 Å². The van der Waals surface area contributed by atoms with E-state index in [0.717, 1.165) is 26.2 Å². The first-order chi connectivity index (χ1) is 7.42. The second kappa shape index (κ2) is 8.48. The third kappa shape index (κ3) is 4.28. The van der Waals surface area contributed by atoms with Crippen LogP contribution in [0.1, 0.15) is 11.6 Å². The van der Waals surface area contributed by atoms with E-state index in [1.807, 2.05) is 18.3 Å². The van der Waals surface area contributed by atoms with Crippen molar-refractivity contribution in [2.24, 2.45) is 0 Å². The molecule has 96 valence electrons. The summed E-state index contributed by atoms with van der Waals surface area (Å²) in [5, 5.41) is 3.35. The van der Waals surface area contributed by atoms with Crippen molar-refractivity contribution in [2.75, 3.05) is 26.2 Å². The van der Waals surface area contributed by atoms with Crippen LogP contribution in [0, 0.1) is 0 Å². The molecule has 0 unspecified atom stereocenters. The quantitative estimate of drug-likeness (QED) is 0.856. The predicted octanol–water partition coefficient (Wildman–Crippen LogP) is 2.06. The first-order valence-corrected chi connectivity index (χ1v) is 5.39. The number of hydrogen-bond acceptors (Lipinski definition) is 3. The van der Waals surface area contributed by atoms with Crippen molar-refractivity contribution in [3.05, 3.63) is 42.7 Å². The minimum Gasteiger partial charge on any atom is -0.314 e. The molecule has 5 heteroatoms. The molecule has 0 spiro atoms. The molecule has 3 nitrogen and oxygen atoms in total. The van der Waals surface area contributed by atoms with Crippen molar-refractivity contribution in [1.82, 2.24) is 15.2 Å². The van der Waals surface area contributed by atoms with Gasteiger partial charge in [0.05, 0.1) is 6.04 Å². The van der Waals surface area contributed by atoms with Crippen LogP contribution in [0.15, 0.2) is 37.2 Å². The van der Waals surface area contributed by atoms with Crippen LogP contribution in [0.4, 0.5) is 0 Å². The maximum Gasteiger partial charge on any atom is 0.0545 e. The highest BCUT2D eigenvalue weighted by molar-refractivity contribution is 5.85. The Morgan fingerprint density at radius 3 is 2.59 bits per heavy atom. The van der Waals surface area contributed by atoms with E-state index in [1.165, 1.54) is 5.56 Å². The third-order valence-electron chi connectivity index (χ3n) is 2.79. The van der Waals surface area contributed by atoms with Crippen LogP contribution in [-0.2, 0) is 0 Å². The Hall–Kier alpha value is -0.610. The number of rotatable bonds is 3. The number of aromatic nitrogens is 1. The van der Waals surface area contributed by atoms with Crippen molar-refractivity contribution < 1.29 is 0 Å². The van der Waals surface area contributed by atoms with E-state index in [9.17, 15) is 0 Å². The van der Waals surface area contributed by atoms with E-state index in [0.29, 0.717) is 6.04 Å². The van der Waals surface area contributed by atoms with Crippen LogP contribution < -0.4 is 5.32 Å². The molecule has 1 aliphatic heterocycles. The zero-order chi connectivity index (χ0) is 10.5. The molecule has 0 aliphatic carbocycles. The molecule has 0 radical (unpaired) electrons. The van der Waals surface area contributed by atoms with Gasteiger partial charge in [0.2, 0.25) is 0 Å². The average Bonchev–Trinajstić information content (AvgIpc) is 2.33. The number of halogens is 2. The highest BCUT2D eigenvalue weighted by Gasteiger charge is 2.18. The third-order valence-corrected chi connectivity index (χ3v) is 2.79. The summed E-state index contributed by atoms with van der Waals surface area (Å²) in [6, 6.07) is 4.40. The molecule has 1 fully saturated rings.